The van der Waals surface area contributed by atoms with Crippen molar-refractivity contribution in [2.45, 2.75) is 52.4 Å². The average Bonchev–Trinajstić information content (AvgIpc) is 3.42. The number of fused-ring (bicyclic) bond motifs is 1. The Kier molecular flexibility index (Phi) is 8.13. The van der Waals surface area contributed by atoms with Gasteiger partial charge in [-0.15, -0.1) is 5.10 Å². The highest BCUT2D eigenvalue weighted by atomic mass is 16.5. The Morgan fingerprint density at radius 2 is 1.69 bits per heavy atom. The van der Waals surface area contributed by atoms with Gasteiger partial charge in [0, 0.05) is 24.2 Å². The molecule has 0 aliphatic rings. The lowest BCUT2D eigenvalue weighted by molar-refractivity contribution is 0.161. The average molecular weight is 523 g/mol. The lowest BCUT2D eigenvalue weighted by Crippen LogP contribution is -2.32. The summed E-state index contributed by atoms with van der Waals surface area (Å²) in [5, 5.41) is 13.9. The first-order chi connectivity index (χ1) is 19.1. The number of benzene rings is 3. The van der Waals surface area contributed by atoms with Gasteiger partial charge in [0.1, 0.15) is 5.75 Å². The SMILES string of the molecule is CCc1ccc2[nH]c(=O)c(CN(Cc3ccccc3)[C@@H](CC)c3nnnn3Cc3ccc(OC)cc3)cc2c1. The molecule has 1 atom stereocenters. The number of rotatable bonds is 11. The summed E-state index contributed by atoms with van der Waals surface area (Å²) in [5.41, 5.74) is 4.98. The van der Waals surface area contributed by atoms with E-state index in [1.54, 1.807) is 7.11 Å². The molecule has 0 bridgehead atoms. The number of nitrogens with zero attached hydrogens (tertiary/aromatic N) is 5. The standard InChI is InChI=1S/C31H34N6O2/c1-4-22-13-16-28-25(17-22)18-26(31(38)32-28)21-36(19-23-9-7-6-8-10-23)29(5-2)30-33-34-35-37(30)20-24-11-14-27(39-3)15-12-24/h6-18,29H,4-5,19-21H2,1-3H3,(H,32,38)/t29-/m0/s1. The molecule has 5 rings (SSSR count). The molecule has 0 spiro atoms. The van der Waals surface area contributed by atoms with Gasteiger partial charge in [0.05, 0.1) is 19.7 Å². The molecule has 0 saturated carbocycles. The summed E-state index contributed by atoms with van der Waals surface area (Å²) >= 11 is 0. The molecule has 5 aromatic rings. The molecule has 3 aromatic carbocycles. The third-order valence-corrected chi connectivity index (χ3v) is 7.17. The van der Waals surface area contributed by atoms with Gasteiger partial charge in [-0.25, -0.2) is 4.68 Å². The molecule has 39 heavy (non-hydrogen) atoms. The number of aromatic amines is 1. The molecular formula is C31H34N6O2. The molecule has 1 N–H and O–H groups in total. The number of nitrogens with one attached hydrogen (secondary N) is 1. The van der Waals surface area contributed by atoms with Crippen LogP contribution in [-0.4, -0.2) is 37.2 Å². The number of ether oxygens (including phenoxy) is 1. The van der Waals surface area contributed by atoms with Crippen molar-refractivity contribution in [2.75, 3.05) is 7.11 Å². The summed E-state index contributed by atoms with van der Waals surface area (Å²) in [7, 11) is 1.66. The minimum atomic E-state index is -0.101. The van der Waals surface area contributed by atoms with Crippen LogP contribution in [0.25, 0.3) is 10.9 Å². The van der Waals surface area contributed by atoms with E-state index in [2.05, 4.69) is 63.5 Å². The number of tetrazole rings is 1. The number of methoxy groups -OCH3 is 1. The highest BCUT2D eigenvalue weighted by Gasteiger charge is 2.26. The first-order valence-corrected chi connectivity index (χ1v) is 13.4. The van der Waals surface area contributed by atoms with Crippen LogP contribution >= 0.6 is 0 Å². The van der Waals surface area contributed by atoms with E-state index in [0.717, 1.165) is 52.0 Å². The van der Waals surface area contributed by atoms with Crippen molar-refractivity contribution < 1.29 is 4.74 Å². The zero-order valence-corrected chi connectivity index (χ0v) is 22.7. The first-order valence-electron chi connectivity index (χ1n) is 13.4. The molecule has 8 heteroatoms. The Bertz CT molecular complexity index is 1580. The monoisotopic (exact) mass is 522 g/mol. The second-order valence-corrected chi connectivity index (χ2v) is 9.76. The van der Waals surface area contributed by atoms with Crippen LogP contribution in [0.15, 0.2) is 83.7 Å². The van der Waals surface area contributed by atoms with Crippen LogP contribution < -0.4 is 10.3 Å². The predicted molar refractivity (Wildman–Crippen MR) is 153 cm³/mol. The van der Waals surface area contributed by atoms with E-state index in [1.165, 1.54) is 5.56 Å². The molecule has 0 amide bonds. The summed E-state index contributed by atoms with van der Waals surface area (Å²) in [6.07, 6.45) is 1.72. The van der Waals surface area contributed by atoms with Gasteiger partial charge in [0.2, 0.25) is 0 Å². The van der Waals surface area contributed by atoms with Gasteiger partial charge in [-0.2, -0.15) is 0 Å². The van der Waals surface area contributed by atoms with E-state index >= 15 is 0 Å². The van der Waals surface area contributed by atoms with Crippen LogP contribution in [0.1, 0.15) is 54.4 Å². The van der Waals surface area contributed by atoms with E-state index in [0.29, 0.717) is 19.6 Å². The molecular weight excluding hydrogens is 488 g/mol. The number of H-pyrrole nitrogens is 1. The lowest BCUT2D eigenvalue weighted by atomic mass is 10.1. The van der Waals surface area contributed by atoms with Crippen molar-refractivity contribution in [3.05, 3.63) is 117 Å². The molecule has 0 unspecified atom stereocenters. The fourth-order valence-electron chi connectivity index (χ4n) is 5.02. The van der Waals surface area contributed by atoms with Crippen LogP contribution in [-0.2, 0) is 26.1 Å². The molecule has 0 saturated heterocycles. The summed E-state index contributed by atoms with van der Waals surface area (Å²) in [4.78, 5) is 18.6. The molecule has 0 aliphatic heterocycles. The first kappa shape index (κ1) is 26.3. The van der Waals surface area contributed by atoms with E-state index in [9.17, 15) is 4.79 Å². The van der Waals surface area contributed by atoms with Crippen LogP contribution in [0.2, 0.25) is 0 Å². The maximum atomic E-state index is 13.2. The second-order valence-electron chi connectivity index (χ2n) is 9.76. The summed E-state index contributed by atoms with van der Waals surface area (Å²) in [6.45, 7) is 5.93. The van der Waals surface area contributed by atoms with Gasteiger partial charge in [-0.1, -0.05) is 62.4 Å². The summed E-state index contributed by atoms with van der Waals surface area (Å²) < 4.78 is 7.15. The van der Waals surface area contributed by atoms with Gasteiger partial charge in [0.15, 0.2) is 5.82 Å². The maximum Gasteiger partial charge on any atom is 0.252 e. The zero-order valence-electron chi connectivity index (χ0n) is 22.7. The fraction of sp³-hybridized carbons (Fsp3) is 0.290. The smallest absolute Gasteiger partial charge is 0.252 e. The Morgan fingerprint density at radius 3 is 2.41 bits per heavy atom. The van der Waals surface area contributed by atoms with E-state index in [4.69, 9.17) is 4.74 Å². The van der Waals surface area contributed by atoms with Crippen molar-refractivity contribution in [1.82, 2.24) is 30.1 Å². The third kappa shape index (κ3) is 6.07. The largest absolute Gasteiger partial charge is 0.497 e. The Balaban J connectivity index is 1.50. The van der Waals surface area contributed by atoms with Crippen LogP contribution in [0.3, 0.4) is 0 Å². The molecule has 0 aliphatic carbocycles. The molecule has 0 radical (unpaired) electrons. The number of hydrogen-bond acceptors (Lipinski definition) is 6. The Labute approximate surface area is 228 Å². The minimum absolute atomic E-state index is 0.0718. The van der Waals surface area contributed by atoms with Crippen molar-refractivity contribution >= 4 is 10.9 Å². The van der Waals surface area contributed by atoms with E-state index < -0.39 is 0 Å². The van der Waals surface area contributed by atoms with Crippen molar-refractivity contribution in [1.29, 1.82) is 0 Å². The van der Waals surface area contributed by atoms with Crippen LogP contribution in [0, 0.1) is 0 Å². The van der Waals surface area contributed by atoms with Crippen molar-refractivity contribution in [3.8, 4) is 5.75 Å². The maximum absolute atomic E-state index is 13.2. The molecule has 2 heterocycles. The Morgan fingerprint density at radius 1 is 0.923 bits per heavy atom. The van der Waals surface area contributed by atoms with Gasteiger partial charge in [0.25, 0.3) is 5.56 Å². The van der Waals surface area contributed by atoms with Gasteiger partial charge in [-0.3, -0.25) is 9.69 Å². The van der Waals surface area contributed by atoms with Crippen molar-refractivity contribution in [2.24, 2.45) is 0 Å². The summed E-state index contributed by atoms with van der Waals surface area (Å²) in [5.74, 6) is 1.58. The van der Waals surface area contributed by atoms with Gasteiger partial charge < -0.3 is 9.72 Å². The molecule has 0 fully saturated rings. The van der Waals surface area contributed by atoms with E-state index in [-0.39, 0.29) is 11.6 Å². The molecule has 8 nitrogen and oxygen atoms in total. The number of aryl methyl sites for hydroxylation is 1. The third-order valence-electron chi connectivity index (χ3n) is 7.17. The zero-order chi connectivity index (χ0) is 27.2. The van der Waals surface area contributed by atoms with Gasteiger partial charge in [-0.05, 0) is 75.7 Å². The molecule has 2 aromatic heterocycles. The number of hydrogen-bond donors (Lipinski definition) is 1. The number of aromatic nitrogens is 5. The van der Waals surface area contributed by atoms with Crippen LogP contribution in [0.5, 0.6) is 5.75 Å². The number of pyridine rings is 1. The lowest BCUT2D eigenvalue weighted by Gasteiger charge is -2.30. The van der Waals surface area contributed by atoms with Crippen LogP contribution in [0.4, 0.5) is 0 Å². The minimum Gasteiger partial charge on any atom is -0.497 e. The van der Waals surface area contributed by atoms with Crippen molar-refractivity contribution in [3.63, 3.8) is 0 Å². The van der Waals surface area contributed by atoms with E-state index in [1.807, 2.05) is 59.3 Å². The quantitative estimate of drug-likeness (QED) is 0.254. The molecule has 200 valence electrons. The highest BCUT2D eigenvalue weighted by Crippen LogP contribution is 2.27. The van der Waals surface area contributed by atoms with Gasteiger partial charge >= 0.3 is 0 Å². The topological polar surface area (TPSA) is 88.9 Å². The second kappa shape index (κ2) is 12.0. The predicted octanol–water partition coefficient (Wildman–Crippen LogP) is 5.29. The Hall–Kier alpha value is -4.30. The highest BCUT2D eigenvalue weighted by molar-refractivity contribution is 5.79. The summed E-state index contributed by atoms with van der Waals surface area (Å²) in [6, 6.07) is 26.4. The fourth-order valence-corrected chi connectivity index (χ4v) is 5.02. The normalized spacial score (nSPS) is 12.2.